The molecular formula is C38H53N7O8. The van der Waals surface area contributed by atoms with E-state index >= 15 is 0 Å². The Kier molecular flexibility index (Phi) is 13.5. The highest BCUT2D eigenvalue weighted by Gasteiger charge is 2.45. The molecular weight excluding hydrogens is 682 g/mol. The fourth-order valence-corrected chi connectivity index (χ4v) is 7.65. The Labute approximate surface area is 310 Å². The summed E-state index contributed by atoms with van der Waals surface area (Å²) in [6.07, 6.45) is 9.23. The summed E-state index contributed by atoms with van der Waals surface area (Å²) in [5.41, 5.74) is 7.14. The number of piperidine rings is 1. The molecule has 0 saturated carbocycles. The molecule has 53 heavy (non-hydrogen) atoms. The zero-order valence-electron chi connectivity index (χ0n) is 30.7. The molecule has 0 aromatic heterocycles. The topological polar surface area (TPSA) is 201 Å². The van der Waals surface area contributed by atoms with Crippen molar-refractivity contribution in [2.75, 3.05) is 32.0 Å². The van der Waals surface area contributed by atoms with E-state index in [0.717, 1.165) is 12.8 Å². The Morgan fingerprint density at radius 2 is 1.60 bits per heavy atom. The fraction of sp³-hybridized carbons (Fsp3) is 0.605. The van der Waals surface area contributed by atoms with Crippen molar-refractivity contribution in [3.05, 3.63) is 42.0 Å². The van der Waals surface area contributed by atoms with Crippen LogP contribution in [0.15, 0.2) is 36.4 Å². The number of esters is 1. The van der Waals surface area contributed by atoms with Gasteiger partial charge in [0.05, 0.1) is 0 Å². The van der Waals surface area contributed by atoms with Crippen molar-refractivity contribution < 1.29 is 38.3 Å². The van der Waals surface area contributed by atoms with E-state index < -0.39 is 78.4 Å². The molecule has 4 aliphatic rings. The number of nitrogens with two attached hydrogens (primary N) is 1. The molecule has 0 spiro atoms. The first kappa shape index (κ1) is 39.3. The predicted octanol–water partition coefficient (Wildman–Crippen LogP) is 0.952. The average molecular weight is 736 g/mol. The minimum absolute atomic E-state index is 0.0483. The quantitative estimate of drug-likeness (QED) is 0.123. The van der Waals surface area contributed by atoms with Crippen molar-refractivity contribution in [3.63, 3.8) is 0 Å². The minimum Gasteiger partial charge on any atom is -0.461 e. The largest absolute Gasteiger partial charge is 0.461 e. The molecule has 4 heterocycles. The molecule has 4 saturated heterocycles. The molecule has 0 unspecified atom stereocenters. The molecule has 4 aliphatic heterocycles. The van der Waals surface area contributed by atoms with Crippen molar-refractivity contribution in [1.29, 1.82) is 0 Å². The van der Waals surface area contributed by atoms with E-state index in [4.69, 9.17) is 10.5 Å². The van der Waals surface area contributed by atoms with Crippen LogP contribution in [0.25, 0.3) is 0 Å². The van der Waals surface area contributed by atoms with Gasteiger partial charge >= 0.3 is 5.97 Å². The SMILES string of the molecule is CCCCC=CC(=O)N[C@@H](Cc1cccc(N)c1)C(=O)N[C@H]1COC(=O)[C@@H]2CCCN2C(=O)[C@H](C)NC(=O)[C@@H]2CCCCN2C(=O)[C@@H]2CCCN2C1=O. The molecule has 4 fully saturated rings. The van der Waals surface area contributed by atoms with Crippen molar-refractivity contribution in [1.82, 2.24) is 30.7 Å². The monoisotopic (exact) mass is 735 g/mol. The number of amides is 6. The Balaban J connectivity index is 1.45. The van der Waals surface area contributed by atoms with E-state index in [1.807, 2.05) is 6.92 Å². The predicted molar refractivity (Wildman–Crippen MR) is 194 cm³/mol. The van der Waals surface area contributed by atoms with E-state index in [-0.39, 0.29) is 25.4 Å². The number of fused-ring (bicyclic) bond motifs is 3. The van der Waals surface area contributed by atoms with Gasteiger partial charge in [0.2, 0.25) is 35.4 Å². The standard InChI is InChI=1S/C38H53N7O8/c1-3-4-5-6-17-32(46)41-27(22-25-12-9-13-26(39)21-25)33(47)42-28-23-53-38(52)31-16-11-20-45(31)35(49)24(2)40-34(48)29-14-7-8-18-43(29)37(51)30-15-10-19-44(30)36(28)50/h6,9,12-13,17,21,24,27-31H,3-5,7-8,10-11,14-16,18-20,22-23,39H2,1-2H3,(H,40,48)(H,41,46)(H,42,47)/t24-,27-,28-,29-,30-,31-/m0/s1. The maximum absolute atomic E-state index is 14.4. The molecule has 5 N–H and O–H groups in total. The molecule has 0 radical (unpaired) electrons. The van der Waals surface area contributed by atoms with Gasteiger partial charge in [-0.3, -0.25) is 28.8 Å². The van der Waals surface area contributed by atoms with E-state index in [1.165, 1.54) is 20.8 Å². The molecule has 1 aromatic carbocycles. The number of unbranched alkanes of at least 4 members (excludes halogenated alkanes) is 2. The number of rotatable bonds is 9. The second kappa shape index (κ2) is 18.2. The van der Waals surface area contributed by atoms with Gasteiger partial charge in [-0.25, -0.2) is 4.79 Å². The lowest BCUT2D eigenvalue weighted by Gasteiger charge is -2.39. The van der Waals surface area contributed by atoms with Crippen LogP contribution >= 0.6 is 0 Å². The average Bonchev–Trinajstić information content (AvgIpc) is 3.84. The number of cyclic esters (lactones) is 1. The smallest absolute Gasteiger partial charge is 0.328 e. The number of anilines is 1. The fourth-order valence-electron chi connectivity index (χ4n) is 7.65. The van der Waals surface area contributed by atoms with Crippen LogP contribution in [0.4, 0.5) is 5.69 Å². The van der Waals surface area contributed by atoms with Crippen molar-refractivity contribution >= 4 is 47.1 Å². The third kappa shape index (κ3) is 9.73. The minimum atomic E-state index is -1.42. The van der Waals surface area contributed by atoms with Crippen LogP contribution < -0.4 is 21.7 Å². The Bertz CT molecular complexity index is 1580. The molecule has 1 aromatic rings. The van der Waals surface area contributed by atoms with Crippen LogP contribution in [-0.4, -0.2) is 119 Å². The summed E-state index contributed by atoms with van der Waals surface area (Å²) in [6.45, 7) is 3.85. The number of allylic oxidation sites excluding steroid dienone is 1. The van der Waals surface area contributed by atoms with Crippen molar-refractivity contribution in [3.8, 4) is 0 Å². The number of carbonyl (C=O) groups is 7. The maximum Gasteiger partial charge on any atom is 0.328 e. The number of nitrogens with one attached hydrogen (secondary N) is 3. The Morgan fingerprint density at radius 3 is 2.34 bits per heavy atom. The second-order valence-electron chi connectivity index (χ2n) is 14.4. The zero-order valence-corrected chi connectivity index (χ0v) is 30.7. The number of carbonyl (C=O) groups excluding carboxylic acids is 7. The lowest BCUT2D eigenvalue weighted by atomic mass is 9.99. The summed E-state index contributed by atoms with van der Waals surface area (Å²) in [7, 11) is 0. The molecule has 0 aliphatic carbocycles. The first-order chi connectivity index (χ1) is 25.5. The van der Waals surface area contributed by atoms with Crippen LogP contribution in [0.2, 0.25) is 0 Å². The molecule has 6 amide bonds. The second-order valence-corrected chi connectivity index (χ2v) is 14.4. The lowest BCUT2D eigenvalue weighted by molar-refractivity contribution is -0.158. The first-order valence-corrected chi connectivity index (χ1v) is 19.0. The van der Waals surface area contributed by atoms with E-state index in [0.29, 0.717) is 69.2 Å². The third-order valence-electron chi connectivity index (χ3n) is 10.5. The van der Waals surface area contributed by atoms with Gasteiger partial charge in [0.25, 0.3) is 0 Å². The van der Waals surface area contributed by atoms with Gasteiger partial charge in [0.15, 0.2) is 0 Å². The number of benzene rings is 1. The number of nitrogen functional groups attached to an aromatic ring is 1. The Morgan fingerprint density at radius 1 is 0.925 bits per heavy atom. The van der Waals surface area contributed by atoms with E-state index in [1.54, 1.807) is 37.3 Å². The summed E-state index contributed by atoms with van der Waals surface area (Å²) in [4.78, 5) is 101. The van der Waals surface area contributed by atoms with E-state index in [2.05, 4.69) is 16.0 Å². The van der Waals surface area contributed by atoms with Gasteiger partial charge in [-0.1, -0.05) is 38.0 Å². The number of nitrogens with zero attached hydrogens (tertiary/aromatic N) is 3. The number of ether oxygens (including phenoxy) is 1. The zero-order chi connectivity index (χ0) is 38.1. The van der Waals surface area contributed by atoms with Gasteiger partial charge in [-0.15, -0.1) is 0 Å². The first-order valence-electron chi connectivity index (χ1n) is 19.0. The molecule has 288 valence electrons. The molecule has 15 heteroatoms. The molecule has 0 bridgehead atoms. The highest BCUT2D eigenvalue weighted by atomic mass is 16.5. The molecule has 5 rings (SSSR count). The van der Waals surface area contributed by atoms with Crippen LogP contribution in [-0.2, 0) is 44.7 Å². The van der Waals surface area contributed by atoms with Crippen molar-refractivity contribution in [2.45, 2.75) is 121 Å². The summed E-state index contributed by atoms with van der Waals surface area (Å²) >= 11 is 0. The molecule has 15 nitrogen and oxygen atoms in total. The van der Waals surface area contributed by atoms with Crippen LogP contribution in [0.1, 0.15) is 83.6 Å². The van der Waals surface area contributed by atoms with Gasteiger partial charge in [-0.05, 0) is 82.1 Å². The summed E-state index contributed by atoms with van der Waals surface area (Å²) in [5.74, 6) is -3.87. The van der Waals surface area contributed by atoms with E-state index in [9.17, 15) is 33.6 Å². The van der Waals surface area contributed by atoms with Gasteiger partial charge in [0, 0.05) is 31.7 Å². The third-order valence-corrected chi connectivity index (χ3v) is 10.5. The normalized spacial score (nSPS) is 26.4. The van der Waals surface area contributed by atoms with Gasteiger partial charge in [0.1, 0.15) is 42.9 Å². The van der Waals surface area contributed by atoms with Crippen LogP contribution in [0.5, 0.6) is 0 Å². The number of hydrogen-bond donors (Lipinski definition) is 4. The number of hydrogen-bond acceptors (Lipinski definition) is 9. The van der Waals surface area contributed by atoms with Crippen LogP contribution in [0, 0.1) is 0 Å². The summed E-state index contributed by atoms with van der Waals surface area (Å²) in [5, 5.41) is 8.24. The lowest BCUT2D eigenvalue weighted by Crippen LogP contribution is -2.62. The highest BCUT2D eigenvalue weighted by Crippen LogP contribution is 2.26. The Hall–Kier alpha value is -4.95. The summed E-state index contributed by atoms with van der Waals surface area (Å²) in [6, 6.07) is 0.710. The highest BCUT2D eigenvalue weighted by molar-refractivity contribution is 5.98. The van der Waals surface area contributed by atoms with Crippen LogP contribution in [0.3, 0.4) is 0 Å². The molecule has 6 atom stereocenters. The summed E-state index contributed by atoms with van der Waals surface area (Å²) < 4.78 is 5.68. The van der Waals surface area contributed by atoms with Gasteiger partial charge in [-0.2, -0.15) is 0 Å². The van der Waals surface area contributed by atoms with Gasteiger partial charge < -0.3 is 41.1 Å². The maximum atomic E-state index is 14.4. The van der Waals surface area contributed by atoms with Crippen molar-refractivity contribution in [2.24, 2.45) is 0 Å².